The lowest BCUT2D eigenvalue weighted by molar-refractivity contribution is -0.0471. The van der Waals surface area contributed by atoms with E-state index in [0.29, 0.717) is 17.4 Å². The van der Waals surface area contributed by atoms with Crippen LogP contribution in [0, 0.1) is 0 Å². The number of aliphatic hydroxyl groups excluding tert-OH is 1. The molecule has 0 aliphatic carbocycles. The highest BCUT2D eigenvalue weighted by Crippen LogP contribution is 2.22. The monoisotopic (exact) mass is 225 g/mol. The molecule has 0 unspecified atom stereocenters. The van der Waals surface area contributed by atoms with Gasteiger partial charge in [-0.3, -0.25) is 4.79 Å². The molecule has 0 amide bonds. The van der Waals surface area contributed by atoms with E-state index in [1.807, 2.05) is 0 Å². The maximum Gasteiger partial charge on any atom is 0.150 e. The van der Waals surface area contributed by atoms with Gasteiger partial charge in [0.25, 0.3) is 0 Å². The quantitative estimate of drug-likeness (QED) is 0.525. The van der Waals surface area contributed by atoms with Gasteiger partial charge in [-0.25, -0.2) is 0 Å². The summed E-state index contributed by atoms with van der Waals surface area (Å²) in [5, 5.41) is 28.8. The SMILES string of the molecule is CC(C)(O)[C@H](O)Cc1cc([13CH]=O)ccc1O. The summed E-state index contributed by atoms with van der Waals surface area (Å²) in [4.78, 5) is 10.6. The molecule has 88 valence electrons. The van der Waals surface area contributed by atoms with Crippen LogP contribution < -0.4 is 0 Å². The van der Waals surface area contributed by atoms with E-state index in [1.165, 1.54) is 32.0 Å². The fourth-order valence-electron chi connectivity index (χ4n) is 1.30. The second-order valence-corrected chi connectivity index (χ2v) is 4.38. The van der Waals surface area contributed by atoms with Gasteiger partial charge < -0.3 is 15.3 Å². The highest BCUT2D eigenvalue weighted by atomic mass is 16.3. The highest BCUT2D eigenvalue weighted by molar-refractivity contribution is 5.75. The van der Waals surface area contributed by atoms with Crippen LogP contribution in [0.25, 0.3) is 0 Å². The van der Waals surface area contributed by atoms with E-state index in [1.54, 1.807) is 0 Å². The summed E-state index contributed by atoms with van der Waals surface area (Å²) >= 11 is 0. The summed E-state index contributed by atoms with van der Waals surface area (Å²) in [5.41, 5.74) is -0.376. The number of hydrogen-bond donors (Lipinski definition) is 3. The van der Waals surface area contributed by atoms with Gasteiger partial charge in [-0.1, -0.05) is 0 Å². The Bertz CT molecular complexity index is 379. The Morgan fingerprint density at radius 1 is 1.44 bits per heavy atom. The van der Waals surface area contributed by atoms with Gasteiger partial charge in [-0.2, -0.15) is 0 Å². The van der Waals surface area contributed by atoms with Crippen molar-refractivity contribution in [2.24, 2.45) is 0 Å². The summed E-state index contributed by atoms with van der Waals surface area (Å²) in [6.07, 6.45) is -0.239. The molecule has 4 nitrogen and oxygen atoms in total. The van der Waals surface area contributed by atoms with Gasteiger partial charge in [0.05, 0.1) is 11.7 Å². The first-order valence-electron chi connectivity index (χ1n) is 5.02. The van der Waals surface area contributed by atoms with Crippen molar-refractivity contribution in [1.29, 1.82) is 0 Å². The van der Waals surface area contributed by atoms with E-state index in [4.69, 9.17) is 0 Å². The number of rotatable bonds is 4. The van der Waals surface area contributed by atoms with Crippen molar-refractivity contribution in [3.05, 3.63) is 29.3 Å². The van der Waals surface area contributed by atoms with E-state index in [2.05, 4.69) is 0 Å². The van der Waals surface area contributed by atoms with Crippen LogP contribution in [0.4, 0.5) is 0 Å². The first-order valence-corrected chi connectivity index (χ1v) is 5.02. The zero-order chi connectivity index (χ0) is 12.3. The van der Waals surface area contributed by atoms with Crippen LogP contribution in [-0.2, 0) is 6.42 Å². The molecule has 0 heterocycles. The van der Waals surface area contributed by atoms with Crippen LogP contribution in [-0.4, -0.2) is 33.3 Å². The number of aldehydes is 1. The van der Waals surface area contributed by atoms with Crippen molar-refractivity contribution in [3.63, 3.8) is 0 Å². The second kappa shape index (κ2) is 4.63. The highest BCUT2D eigenvalue weighted by Gasteiger charge is 2.25. The van der Waals surface area contributed by atoms with E-state index >= 15 is 0 Å². The fraction of sp³-hybridized carbons (Fsp3) is 0.417. The van der Waals surface area contributed by atoms with Gasteiger partial charge in [0.15, 0.2) is 0 Å². The normalized spacial score (nSPS) is 13.5. The molecule has 0 spiro atoms. The van der Waals surface area contributed by atoms with Crippen molar-refractivity contribution in [2.45, 2.75) is 32.0 Å². The lowest BCUT2D eigenvalue weighted by Crippen LogP contribution is -2.37. The molecule has 16 heavy (non-hydrogen) atoms. The average Bonchev–Trinajstić information content (AvgIpc) is 2.19. The number of aromatic hydroxyl groups is 1. The van der Waals surface area contributed by atoms with Crippen LogP contribution in [0.3, 0.4) is 0 Å². The fourth-order valence-corrected chi connectivity index (χ4v) is 1.30. The molecule has 1 atom stereocenters. The molecule has 0 aromatic heterocycles. The number of phenolic OH excluding ortho intramolecular Hbond substituents is 1. The largest absolute Gasteiger partial charge is 0.508 e. The molecule has 1 aromatic rings. The van der Waals surface area contributed by atoms with Gasteiger partial charge in [-0.05, 0) is 37.6 Å². The van der Waals surface area contributed by atoms with E-state index in [-0.39, 0.29) is 12.2 Å². The zero-order valence-electron chi connectivity index (χ0n) is 9.34. The summed E-state index contributed by atoms with van der Waals surface area (Å²) in [6.45, 7) is 2.97. The molecule has 0 saturated heterocycles. The minimum Gasteiger partial charge on any atom is -0.508 e. The molecule has 0 fully saturated rings. The molecule has 0 aliphatic heterocycles. The molecule has 0 aliphatic rings. The first-order chi connectivity index (χ1) is 7.34. The number of hydrogen-bond acceptors (Lipinski definition) is 4. The molecule has 0 saturated carbocycles. The number of benzene rings is 1. The Balaban J connectivity index is 2.92. The number of carbonyl (C=O) groups is 1. The van der Waals surface area contributed by atoms with Crippen LogP contribution in [0.2, 0.25) is 0 Å². The van der Waals surface area contributed by atoms with Crippen LogP contribution in [0.15, 0.2) is 18.2 Å². The Kier molecular flexibility index (Phi) is 3.67. The molecule has 1 rings (SSSR count). The van der Waals surface area contributed by atoms with Crippen LogP contribution in [0.1, 0.15) is 29.8 Å². The van der Waals surface area contributed by atoms with Crippen molar-refractivity contribution in [3.8, 4) is 5.75 Å². The van der Waals surface area contributed by atoms with Gasteiger partial charge in [0, 0.05) is 12.0 Å². The van der Waals surface area contributed by atoms with Gasteiger partial charge in [0.1, 0.15) is 12.0 Å². The predicted octanol–water partition coefficient (Wildman–Crippen LogP) is 0.879. The third kappa shape index (κ3) is 3.05. The third-order valence-electron chi connectivity index (χ3n) is 2.47. The number of aliphatic hydroxyl groups is 2. The lowest BCUT2D eigenvalue weighted by atomic mass is 9.94. The van der Waals surface area contributed by atoms with E-state index < -0.39 is 11.7 Å². The first kappa shape index (κ1) is 12.7. The minimum absolute atomic E-state index is 0.00824. The average molecular weight is 225 g/mol. The maximum absolute atomic E-state index is 10.6. The predicted molar refractivity (Wildman–Crippen MR) is 59.5 cm³/mol. The Labute approximate surface area is 94.2 Å². The van der Waals surface area contributed by atoms with E-state index in [9.17, 15) is 20.1 Å². The standard InChI is InChI=1S/C12H16O4/c1-12(2,16)11(15)6-9-5-8(7-13)3-4-10(9)14/h3-5,7,11,14-16H,6H2,1-2H3/t11-/m1/s1/i7+1. The number of carbonyl (C=O) groups excluding carboxylic acids is 1. The molecule has 0 radical (unpaired) electrons. The molecule has 3 N–H and O–H groups in total. The van der Waals surface area contributed by atoms with Crippen LogP contribution in [0.5, 0.6) is 5.75 Å². The van der Waals surface area contributed by atoms with Crippen LogP contribution >= 0.6 is 0 Å². The van der Waals surface area contributed by atoms with Crippen molar-refractivity contribution < 1.29 is 20.1 Å². The summed E-state index contributed by atoms with van der Waals surface area (Å²) in [5.74, 6) is 0.00824. The summed E-state index contributed by atoms with van der Waals surface area (Å²) in [7, 11) is 0. The maximum atomic E-state index is 10.6. The van der Waals surface area contributed by atoms with Crippen molar-refractivity contribution >= 4 is 6.29 Å². The molecular formula is C12H16O4. The smallest absolute Gasteiger partial charge is 0.150 e. The number of phenols is 1. The van der Waals surface area contributed by atoms with Crippen molar-refractivity contribution in [1.82, 2.24) is 0 Å². The minimum atomic E-state index is -1.25. The van der Waals surface area contributed by atoms with Gasteiger partial charge in [0.2, 0.25) is 0 Å². The Morgan fingerprint density at radius 3 is 2.56 bits per heavy atom. The zero-order valence-corrected chi connectivity index (χ0v) is 9.34. The summed E-state index contributed by atoms with van der Waals surface area (Å²) < 4.78 is 0. The van der Waals surface area contributed by atoms with Crippen molar-refractivity contribution in [2.75, 3.05) is 0 Å². The van der Waals surface area contributed by atoms with E-state index in [0.717, 1.165) is 0 Å². The summed E-state index contributed by atoms with van der Waals surface area (Å²) in [6, 6.07) is 4.38. The lowest BCUT2D eigenvalue weighted by Gasteiger charge is -2.24. The second-order valence-electron chi connectivity index (χ2n) is 4.38. The Morgan fingerprint density at radius 2 is 2.06 bits per heavy atom. The van der Waals surface area contributed by atoms with Gasteiger partial charge in [-0.15, -0.1) is 0 Å². The molecule has 0 bridgehead atoms. The molecule has 4 heteroatoms. The molecule has 1 aromatic carbocycles. The Hall–Kier alpha value is -1.39. The molecular weight excluding hydrogens is 209 g/mol. The third-order valence-corrected chi connectivity index (χ3v) is 2.47. The topological polar surface area (TPSA) is 77.8 Å². The van der Waals surface area contributed by atoms with Gasteiger partial charge >= 0.3 is 0 Å².